The normalized spacial score (nSPS) is 12.2. The lowest BCUT2D eigenvalue weighted by Crippen LogP contribution is -2.33. The molecule has 0 aliphatic rings. The van der Waals surface area contributed by atoms with Crippen LogP contribution in [0.3, 0.4) is 0 Å². The summed E-state index contributed by atoms with van der Waals surface area (Å²) >= 11 is 0. The molecule has 12 heteroatoms. The number of hydrogen-bond donors (Lipinski definition) is 3. The first-order chi connectivity index (χ1) is 14.6. The van der Waals surface area contributed by atoms with E-state index in [4.69, 9.17) is 4.74 Å². The molecule has 3 N–H and O–H groups in total. The molecule has 0 saturated heterocycles. The van der Waals surface area contributed by atoms with Crippen molar-refractivity contribution in [3.8, 4) is 0 Å². The van der Waals surface area contributed by atoms with Crippen molar-refractivity contribution in [1.82, 2.24) is 4.72 Å². The molecule has 0 unspecified atom stereocenters. The highest BCUT2D eigenvalue weighted by atomic mass is 32.2. The number of hydrogen-bond acceptors (Lipinski definition) is 5. The van der Waals surface area contributed by atoms with Crippen molar-refractivity contribution >= 4 is 33.4 Å². The molecule has 0 spiro atoms. The zero-order valence-corrected chi connectivity index (χ0v) is 18.2. The summed E-state index contributed by atoms with van der Waals surface area (Å²) in [6.45, 7) is 3.43. The molecule has 0 aliphatic carbocycles. The average Bonchev–Trinajstić information content (AvgIpc) is 2.65. The van der Waals surface area contributed by atoms with Gasteiger partial charge in [-0.2, -0.15) is 13.2 Å². The maximum Gasteiger partial charge on any atom is 0.412 e. The summed E-state index contributed by atoms with van der Waals surface area (Å²) < 4.78 is 67.1. The zero-order chi connectivity index (χ0) is 24.2. The minimum absolute atomic E-state index is 0.196. The van der Waals surface area contributed by atoms with E-state index in [1.807, 2.05) is 0 Å². The van der Waals surface area contributed by atoms with Gasteiger partial charge in [0.2, 0.25) is 10.0 Å². The van der Waals surface area contributed by atoms with Crippen molar-refractivity contribution in [2.24, 2.45) is 0 Å². The Balaban J connectivity index is 2.05. The molecule has 2 aromatic carbocycles. The van der Waals surface area contributed by atoms with Crippen LogP contribution in [0.1, 0.15) is 31.1 Å². The predicted molar refractivity (Wildman–Crippen MR) is 112 cm³/mol. The minimum atomic E-state index is -4.69. The number of anilines is 2. The van der Waals surface area contributed by atoms with Crippen LogP contribution >= 0.6 is 0 Å². The van der Waals surface area contributed by atoms with Crippen molar-refractivity contribution in [1.29, 1.82) is 0 Å². The highest BCUT2D eigenvalue weighted by Gasteiger charge is 2.30. The van der Waals surface area contributed by atoms with Gasteiger partial charge >= 0.3 is 12.3 Å². The van der Waals surface area contributed by atoms with Crippen LogP contribution in [0.5, 0.6) is 0 Å². The highest BCUT2D eigenvalue weighted by molar-refractivity contribution is 7.89. The Morgan fingerprint density at radius 1 is 0.938 bits per heavy atom. The molecular weight excluding hydrogens is 451 g/mol. The monoisotopic (exact) mass is 473 g/mol. The highest BCUT2D eigenvalue weighted by Crippen LogP contribution is 2.19. The summed E-state index contributed by atoms with van der Waals surface area (Å²) in [5, 5.41) is 5.04. The Morgan fingerprint density at radius 2 is 1.56 bits per heavy atom. The standard InChI is InChI=1S/C20H22F3N3O5S/c1-19(2,3)31-18(28)26-15-6-4-5-13(11-15)17(27)25-14-7-9-16(10-8-14)32(29,30)24-12-20(21,22)23/h4-11,24H,12H2,1-3H3,(H,25,27)(H,26,28). The Bertz CT molecular complexity index is 1080. The van der Waals surface area contributed by atoms with Crippen LogP contribution in [0.2, 0.25) is 0 Å². The summed E-state index contributed by atoms with van der Waals surface area (Å²) in [6.07, 6.45) is -5.38. The quantitative estimate of drug-likeness (QED) is 0.584. The van der Waals surface area contributed by atoms with Crippen LogP contribution in [-0.4, -0.2) is 38.7 Å². The number of halogens is 3. The van der Waals surface area contributed by atoms with Gasteiger partial charge < -0.3 is 10.1 Å². The second-order valence-electron chi connectivity index (χ2n) is 7.63. The number of rotatable bonds is 6. The molecule has 0 saturated carbocycles. The third kappa shape index (κ3) is 8.19. The Kier molecular flexibility index (Phi) is 7.52. The van der Waals surface area contributed by atoms with Crippen molar-refractivity contribution in [2.45, 2.75) is 37.4 Å². The van der Waals surface area contributed by atoms with Crippen LogP contribution < -0.4 is 15.4 Å². The van der Waals surface area contributed by atoms with E-state index in [1.54, 1.807) is 32.9 Å². The van der Waals surface area contributed by atoms with Crippen molar-refractivity contribution in [3.05, 3.63) is 54.1 Å². The van der Waals surface area contributed by atoms with Gasteiger partial charge in [-0.15, -0.1) is 0 Å². The lowest BCUT2D eigenvalue weighted by Gasteiger charge is -2.19. The zero-order valence-electron chi connectivity index (χ0n) is 17.4. The number of ether oxygens (including phenoxy) is 1. The number of amides is 2. The van der Waals surface area contributed by atoms with E-state index in [1.165, 1.54) is 29.0 Å². The van der Waals surface area contributed by atoms with E-state index in [2.05, 4.69) is 10.6 Å². The number of nitrogens with one attached hydrogen (secondary N) is 3. The molecular formula is C20H22F3N3O5S. The summed E-state index contributed by atoms with van der Waals surface area (Å²) in [6, 6.07) is 10.6. The second-order valence-corrected chi connectivity index (χ2v) is 9.39. The predicted octanol–water partition coefficient (Wildman–Crippen LogP) is 4.13. The molecule has 0 fully saturated rings. The van der Waals surface area contributed by atoms with Crippen molar-refractivity contribution < 1.29 is 35.9 Å². The summed E-state index contributed by atoms with van der Waals surface area (Å²) in [7, 11) is -4.36. The molecule has 2 rings (SSSR count). The summed E-state index contributed by atoms with van der Waals surface area (Å²) in [5.41, 5.74) is 0.0440. The topological polar surface area (TPSA) is 114 Å². The van der Waals surface area contributed by atoms with Gasteiger partial charge in [0.1, 0.15) is 12.1 Å². The van der Waals surface area contributed by atoms with Gasteiger partial charge in [-0.1, -0.05) is 6.07 Å². The Morgan fingerprint density at radius 3 is 2.12 bits per heavy atom. The molecule has 2 aromatic rings. The first-order valence-corrected chi connectivity index (χ1v) is 10.7. The maximum absolute atomic E-state index is 12.5. The van der Waals surface area contributed by atoms with Crippen LogP contribution in [0.25, 0.3) is 0 Å². The van der Waals surface area contributed by atoms with Gasteiger partial charge in [0, 0.05) is 16.9 Å². The molecule has 0 atom stereocenters. The van der Waals surface area contributed by atoms with Crippen molar-refractivity contribution in [2.75, 3.05) is 17.2 Å². The maximum atomic E-state index is 12.5. The molecule has 0 heterocycles. The van der Waals surface area contributed by atoms with Gasteiger partial charge in [0.15, 0.2) is 0 Å². The van der Waals surface area contributed by atoms with E-state index in [-0.39, 0.29) is 16.1 Å². The van der Waals surface area contributed by atoms with Gasteiger partial charge in [0.25, 0.3) is 5.91 Å². The van der Waals surface area contributed by atoms with E-state index in [0.717, 1.165) is 12.1 Å². The third-order valence-corrected chi connectivity index (χ3v) is 5.07. The Hall–Kier alpha value is -3.12. The molecule has 2 amide bonds. The van der Waals surface area contributed by atoms with Crippen LogP contribution in [-0.2, 0) is 14.8 Å². The lowest BCUT2D eigenvalue weighted by molar-refractivity contribution is -0.121. The SMILES string of the molecule is CC(C)(C)OC(=O)Nc1cccc(C(=O)Nc2ccc(S(=O)(=O)NCC(F)(F)F)cc2)c1. The molecule has 0 radical (unpaired) electrons. The molecule has 32 heavy (non-hydrogen) atoms. The molecule has 0 aromatic heterocycles. The van der Waals surface area contributed by atoms with Gasteiger partial charge in [-0.3, -0.25) is 10.1 Å². The number of alkyl halides is 3. The van der Waals surface area contributed by atoms with Gasteiger partial charge in [0.05, 0.1) is 4.90 Å². The molecule has 8 nitrogen and oxygen atoms in total. The van der Waals surface area contributed by atoms with Crippen LogP contribution in [0.15, 0.2) is 53.4 Å². The number of sulfonamides is 1. The largest absolute Gasteiger partial charge is 0.444 e. The smallest absolute Gasteiger partial charge is 0.412 e. The fraction of sp³-hybridized carbons (Fsp3) is 0.300. The second kappa shape index (κ2) is 9.57. The molecule has 0 aliphatic heterocycles. The molecule has 174 valence electrons. The third-order valence-electron chi connectivity index (χ3n) is 3.66. The van der Waals surface area contributed by atoms with Crippen LogP contribution in [0, 0.1) is 0 Å². The summed E-state index contributed by atoms with van der Waals surface area (Å²) in [4.78, 5) is 23.9. The van der Waals surface area contributed by atoms with Crippen LogP contribution in [0.4, 0.5) is 29.3 Å². The Labute approximate surface area is 183 Å². The first-order valence-electron chi connectivity index (χ1n) is 9.22. The fourth-order valence-corrected chi connectivity index (χ4v) is 3.36. The van der Waals surface area contributed by atoms with Gasteiger partial charge in [-0.05, 0) is 63.2 Å². The number of benzene rings is 2. The van der Waals surface area contributed by atoms with E-state index >= 15 is 0 Å². The van der Waals surface area contributed by atoms with E-state index in [9.17, 15) is 31.2 Å². The van der Waals surface area contributed by atoms with Gasteiger partial charge in [-0.25, -0.2) is 17.9 Å². The van der Waals surface area contributed by atoms with Crippen molar-refractivity contribution in [3.63, 3.8) is 0 Å². The van der Waals surface area contributed by atoms with E-state index < -0.39 is 40.3 Å². The number of carbonyl (C=O) groups excluding carboxylic acids is 2. The minimum Gasteiger partial charge on any atom is -0.444 e. The first kappa shape index (κ1) is 25.1. The van der Waals surface area contributed by atoms with E-state index in [0.29, 0.717) is 5.69 Å². The molecule has 0 bridgehead atoms. The fourth-order valence-electron chi connectivity index (χ4n) is 2.34. The average molecular weight is 473 g/mol. The lowest BCUT2D eigenvalue weighted by atomic mass is 10.2. The number of carbonyl (C=O) groups is 2. The summed E-state index contributed by atoms with van der Waals surface area (Å²) in [5.74, 6) is -0.552.